The number of nitrogens with zero attached hydrogens (tertiary/aromatic N) is 3. The van der Waals surface area contributed by atoms with Crippen LogP contribution in [0.2, 0.25) is 25.7 Å². The summed E-state index contributed by atoms with van der Waals surface area (Å²) < 4.78 is 47.0. The van der Waals surface area contributed by atoms with Crippen LogP contribution in [0.25, 0.3) is 0 Å². The Morgan fingerprint density at radius 2 is 2.10 bits per heavy atom. The molecule has 1 aromatic rings. The van der Waals surface area contributed by atoms with Crippen molar-refractivity contribution >= 4 is 19.7 Å². The molecule has 2 atom stereocenters. The molecule has 12 heteroatoms. The van der Waals surface area contributed by atoms with Gasteiger partial charge in [0.15, 0.2) is 0 Å². The lowest BCUT2D eigenvalue weighted by Gasteiger charge is -2.24. The molecule has 176 valence electrons. The summed E-state index contributed by atoms with van der Waals surface area (Å²) in [6.07, 6.45) is -3.36. The summed E-state index contributed by atoms with van der Waals surface area (Å²) in [7, 11) is -1.36. The average Bonchev–Trinajstić information content (AvgIpc) is 3.06. The van der Waals surface area contributed by atoms with Crippen molar-refractivity contribution in [2.75, 3.05) is 31.6 Å². The van der Waals surface area contributed by atoms with E-state index in [4.69, 9.17) is 9.84 Å². The number of aliphatic carboxylic acids is 1. The standard InChI is InChI=1S/C19H31F3N4O4Si/c1-13(10-25-6-5-14(11-25)18(28)29)24-15-9-23-26(12-30-7-8-31(2,3)4)17(27)16(15)19(20,21)22/h9,13-14,24H,5-8,10-12H2,1-4H3,(H,28,29)/t13-,14?/m0/s1. The molecular formula is C19H31F3N4O4Si. The van der Waals surface area contributed by atoms with Gasteiger partial charge >= 0.3 is 12.1 Å². The fraction of sp³-hybridized carbons (Fsp3) is 0.737. The summed E-state index contributed by atoms with van der Waals surface area (Å²) in [4.78, 5) is 25.4. The van der Waals surface area contributed by atoms with Crippen molar-refractivity contribution in [3.63, 3.8) is 0 Å². The second-order valence-electron chi connectivity index (χ2n) is 9.21. The van der Waals surface area contributed by atoms with E-state index in [1.54, 1.807) is 6.92 Å². The number of carboxylic acids is 1. The van der Waals surface area contributed by atoms with E-state index in [9.17, 15) is 22.8 Å². The molecule has 0 saturated carbocycles. The van der Waals surface area contributed by atoms with Crippen LogP contribution in [0.5, 0.6) is 0 Å². The molecule has 0 spiro atoms. The molecule has 2 heterocycles. The number of carbonyl (C=O) groups is 1. The van der Waals surface area contributed by atoms with Gasteiger partial charge < -0.3 is 20.1 Å². The molecule has 0 amide bonds. The van der Waals surface area contributed by atoms with E-state index in [1.807, 2.05) is 4.90 Å². The first-order valence-electron chi connectivity index (χ1n) is 10.2. The molecule has 2 N–H and O–H groups in total. The van der Waals surface area contributed by atoms with E-state index in [2.05, 4.69) is 30.1 Å². The quantitative estimate of drug-likeness (QED) is 0.406. The number of hydrogen-bond acceptors (Lipinski definition) is 6. The molecule has 1 aromatic heterocycles. The van der Waals surface area contributed by atoms with Crippen molar-refractivity contribution in [2.45, 2.75) is 58.0 Å². The van der Waals surface area contributed by atoms with Crippen LogP contribution in [0.3, 0.4) is 0 Å². The van der Waals surface area contributed by atoms with Crippen LogP contribution in [-0.2, 0) is 22.4 Å². The largest absolute Gasteiger partial charge is 0.481 e. The Hall–Kier alpha value is -1.92. The molecule has 1 unspecified atom stereocenters. The zero-order chi connectivity index (χ0) is 23.4. The van der Waals surface area contributed by atoms with E-state index >= 15 is 0 Å². The number of hydrogen-bond donors (Lipinski definition) is 2. The number of alkyl halides is 3. The number of carboxylic acid groups (broad SMARTS) is 1. The zero-order valence-corrected chi connectivity index (χ0v) is 19.3. The Bertz CT molecular complexity index is 826. The number of rotatable bonds is 10. The first-order chi connectivity index (χ1) is 14.3. The molecule has 0 aromatic carbocycles. The van der Waals surface area contributed by atoms with E-state index in [0.717, 1.165) is 12.2 Å². The highest BCUT2D eigenvalue weighted by atomic mass is 28.3. The second kappa shape index (κ2) is 10.1. The average molecular weight is 465 g/mol. The van der Waals surface area contributed by atoms with Crippen LogP contribution in [0.1, 0.15) is 18.9 Å². The Balaban J connectivity index is 2.08. The lowest BCUT2D eigenvalue weighted by atomic mass is 10.1. The van der Waals surface area contributed by atoms with Crippen molar-refractivity contribution < 1.29 is 27.8 Å². The van der Waals surface area contributed by atoms with Gasteiger partial charge in [0.05, 0.1) is 17.8 Å². The fourth-order valence-electron chi connectivity index (χ4n) is 3.39. The van der Waals surface area contributed by atoms with Gasteiger partial charge in [-0.1, -0.05) is 19.6 Å². The number of anilines is 1. The normalized spacial score (nSPS) is 18.9. The molecule has 8 nitrogen and oxygen atoms in total. The van der Waals surface area contributed by atoms with Gasteiger partial charge in [0.2, 0.25) is 0 Å². The first-order valence-corrected chi connectivity index (χ1v) is 14.0. The summed E-state index contributed by atoms with van der Waals surface area (Å²) in [6, 6.07) is 0.378. The molecule has 1 fully saturated rings. The van der Waals surface area contributed by atoms with Crippen LogP contribution in [0.15, 0.2) is 11.0 Å². The van der Waals surface area contributed by atoms with Gasteiger partial charge in [0.25, 0.3) is 5.56 Å². The van der Waals surface area contributed by atoms with Crippen molar-refractivity contribution in [1.29, 1.82) is 0 Å². The van der Waals surface area contributed by atoms with Crippen molar-refractivity contribution in [1.82, 2.24) is 14.7 Å². The Labute approximate surface area is 180 Å². The van der Waals surface area contributed by atoms with Gasteiger partial charge in [-0.3, -0.25) is 9.59 Å². The predicted octanol–water partition coefficient (Wildman–Crippen LogP) is 2.78. The summed E-state index contributed by atoms with van der Waals surface area (Å²) >= 11 is 0. The third kappa shape index (κ3) is 7.61. The molecule has 1 aliphatic heterocycles. The molecule has 0 aliphatic carbocycles. The van der Waals surface area contributed by atoms with Crippen LogP contribution in [0, 0.1) is 5.92 Å². The molecule has 0 bridgehead atoms. The number of halogens is 3. The summed E-state index contributed by atoms with van der Waals surface area (Å²) in [5, 5.41) is 15.6. The van der Waals surface area contributed by atoms with E-state index in [1.165, 1.54) is 0 Å². The van der Waals surface area contributed by atoms with Crippen LogP contribution in [0.4, 0.5) is 18.9 Å². The minimum absolute atomic E-state index is 0.341. The van der Waals surface area contributed by atoms with E-state index in [0.29, 0.717) is 37.3 Å². The van der Waals surface area contributed by atoms with Crippen molar-refractivity contribution in [3.05, 3.63) is 22.1 Å². The Kier molecular flexibility index (Phi) is 8.28. The summed E-state index contributed by atoms with van der Waals surface area (Å²) in [5.41, 5.74) is -2.96. The van der Waals surface area contributed by atoms with E-state index < -0.39 is 49.0 Å². The zero-order valence-electron chi connectivity index (χ0n) is 18.3. The van der Waals surface area contributed by atoms with Crippen LogP contribution in [-0.4, -0.2) is 66.1 Å². The monoisotopic (exact) mass is 464 g/mol. The topological polar surface area (TPSA) is 96.7 Å². The van der Waals surface area contributed by atoms with Gasteiger partial charge in [0.1, 0.15) is 12.3 Å². The second-order valence-corrected chi connectivity index (χ2v) is 14.8. The summed E-state index contributed by atoms with van der Waals surface area (Å²) in [6.45, 7) is 9.40. The van der Waals surface area contributed by atoms with Gasteiger partial charge in [-0.15, -0.1) is 0 Å². The number of likely N-dealkylation sites (tertiary alicyclic amines) is 1. The molecular weight excluding hydrogens is 433 g/mol. The smallest absolute Gasteiger partial charge is 0.423 e. The van der Waals surface area contributed by atoms with Gasteiger partial charge in [-0.2, -0.15) is 18.3 Å². The van der Waals surface area contributed by atoms with Crippen LogP contribution >= 0.6 is 0 Å². The number of aromatic nitrogens is 2. The van der Waals surface area contributed by atoms with Crippen molar-refractivity contribution in [3.8, 4) is 0 Å². The highest BCUT2D eigenvalue weighted by Crippen LogP contribution is 2.32. The highest BCUT2D eigenvalue weighted by molar-refractivity contribution is 6.76. The minimum Gasteiger partial charge on any atom is -0.481 e. The number of ether oxygens (including phenoxy) is 1. The predicted molar refractivity (Wildman–Crippen MR) is 113 cm³/mol. The highest BCUT2D eigenvalue weighted by Gasteiger charge is 2.38. The SMILES string of the molecule is C[C@@H](CN1CCC(C(=O)O)C1)Nc1cnn(COCC[Si](C)(C)C)c(=O)c1C(F)(F)F. The van der Waals surface area contributed by atoms with Gasteiger partial charge in [-0.25, -0.2) is 4.68 Å². The maximum absolute atomic E-state index is 13.6. The minimum atomic E-state index is -4.86. The Morgan fingerprint density at radius 3 is 2.65 bits per heavy atom. The third-order valence-corrected chi connectivity index (χ3v) is 6.80. The Morgan fingerprint density at radius 1 is 1.42 bits per heavy atom. The fourth-order valence-corrected chi connectivity index (χ4v) is 4.15. The molecule has 1 saturated heterocycles. The van der Waals surface area contributed by atoms with E-state index in [-0.39, 0.29) is 6.73 Å². The maximum atomic E-state index is 13.6. The molecule has 2 rings (SSSR count). The summed E-state index contributed by atoms with van der Waals surface area (Å²) in [5.74, 6) is -1.34. The van der Waals surface area contributed by atoms with Crippen molar-refractivity contribution in [2.24, 2.45) is 5.92 Å². The number of nitrogens with one attached hydrogen (secondary N) is 1. The maximum Gasteiger partial charge on any atom is 0.423 e. The molecule has 1 aliphatic rings. The van der Waals surface area contributed by atoms with Crippen LogP contribution < -0.4 is 10.9 Å². The first kappa shape index (κ1) is 25.3. The third-order valence-electron chi connectivity index (χ3n) is 5.09. The van der Waals surface area contributed by atoms with Gasteiger partial charge in [0, 0.05) is 33.8 Å². The lowest BCUT2D eigenvalue weighted by Crippen LogP contribution is -2.37. The molecule has 0 radical (unpaired) electrons. The lowest BCUT2D eigenvalue weighted by molar-refractivity contribution is -0.141. The molecule has 31 heavy (non-hydrogen) atoms. The van der Waals surface area contributed by atoms with Gasteiger partial charge in [-0.05, 0) is 25.9 Å².